The van der Waals surface area contributed by atoms with Crippen molar-refractivity contribution in [1.29, 1.82) is 0 Å². The van der Waals surface area contributed by atoms with Gasteiger partial charge in [0.2, 0.25) is 0 Å². The number of ether oxygens (including phenoxy) is 1. The van der Waals surface area contributed by atoms with Crippen molar-refractivity contribution >= 4 is 5.69 Å². The second-order valence-electron chi connectivity index (χ2n) is 4.65. The third-order valence-corrected chi connectivity index (χ3v) is 3.06. The van der Waals surface area contributed by atoms with Gasteiger partial charge in [-0.3, -0.25) is 14.8 Å². The molecule has 0 unspecified atom stereocenters. The van der Waals surface area contributed by atoms with Gasteiger partial charge in [-0.1, -0.05) is 0 Å². The lowest BCUT2D eigenvalue weighted by Gasteiger charge is -2.12. The van der Waals surface area contributed by atoms with E-state index in [1.54, 1.807) is 17.8 Å². The average molecular weight is 291 g/mol. The highest BCUT2D eigenvalue weighted by Gasteiger charge is 2.15. The number of hydrogen-bond donors (Lipinski definition) is 1. The molecule has 1 atom stereocenters. The van der Waals surface area contributed by atoms with Gasteiger partial charge in [0.05, 0.1) is 17.2 Å². The smallest absolute Gasteiger partial charge is 0.270 e. The fourth-order valence-electron chi connectivity index (χ4n) is 1.92. The molecule has 0 fully saturated rings. The molecule has 7 nitrogen and oxygen atoms in total. The van der Waals surface area contributed by atoms with Crippen LogP contribution in [0.3, 0.4) is 0 Å². The maximum absolute atomic E-state index is 10.8. The van der Waals surface area contributed by atoms with Gasteiger partial charge in [-0.05, 0) is 19.9 Å². The zero-order chi connectivity index (χ0) is 15.4. The predicted octanol–water partition coefficient (Wildman–Crippen LogP) is 2.44. The topological polar surface area (TPSA) is 90.4 Å². The molecule has 0 aliphatic heterocycles. The standard InChI is InChI=1S/C14H17N3O4/c1-3-16-8-11(7-15-16)9-21-14-5-4-12(17(19)20)6-13(14)10(2)18/h4-8,10,18H,3,9H2,1-2H3/t10-/m1/s1. The van der Waals surface area contributed by atoms with E-state index in [1.807, 2.05) is 13.1 Å². The highest BCUT2D eigenvalue weighted by Crippen LogP contribution is 2.29. The number of aryl methyl sites for hydroxylation is 1. The Morgan fingerprint density at radius 2 is 2.29 bits per heavy atom. The highest BCUT2D eigenvalue weighted by atomic mass is 16.6. The molecule has 0 spiro atoms. The van der Waals surface area contributed by atoms with Crippen LogP contribution in [0.4, 0.5) is 5.69 Å². The fourth-order valence-corrected chi connectivity index (χ4v) is 1.92. The summed E-state index contributed by atoms with van der Waals surface area (Å²) in [7, 11) is 0. The Morgan fingerprint density at radius 3 is 2.86 bits per heavy atom. The molecule has 0 saturated heterocycles. The van der Waals surface area contributed by atoms with Crippen molar-refractivity contribution in [3.05, 3.63) is 51.8 Å². The maximum Gasteiger partial charge on any atom is 0.270 e. The van der Waals surface area contributed by atoms with Crippen LogP contribution < -0.4 is 4.74 Å². The number of hydrogen-bond acceptors (Lipinski definition) is 5. The van der Waals surface area contributed by atoms with Crippen molar-refractivity contribution in [2.24, 2.45) is 0 Å². The van der Waals surface area contributed by atoms with E-state index in [9.17, 15) is 15.2 Å². The molecular formula is C14H17N3O4. The van der Waals surface area contributed by atoms with E-state index in [0.717, 1.165) is 12.1 Å². The summed E-state index contributed by atoms with van der Waals surface area (Å²) in [6.45, 7) is 4.59. The lowest BCUT2D eigenvalue weighted by atomic mass is 10.1. The van der Waals surface area contributed by atoms with Gasteiger partial charge in [0.25, 0.3) is 5.69 Å². The molecule has 7 heteroatoms. The molecule has 21 heavy (non-hydrogen) atoms. The van der Waals surface area contributed by atoms with Gasteiger partial charge in [-0.2, -0.15) is 5.10 Å². The van der Waals surface area contributed by atoms with Gasteiger partial charge in [0, 0.05) is 36.0 Å². The van der Waals surface area contributed by atoms with Crippen molar-refractivity contribution in [3.8, 4) is 5.75 Å². The lowest BCUT2D eigenvalue weighted by Crippen LogP contribution is -2.02. The van der Waals surface area contributed by atoms with Gasteiger partial charge >= 0.3 is 0 Å². The molecule has 1 aromatic carbocycles. The van der Waals surface area contributed by atoms with Crippen molar-refractivity contribution in [3.63, 3.8) is 0 Å². The summed E-state index contributed by atoms with van der Waals surface area (Å²) in [5, 5.41) is 24.6. The zero-order valence-corrected chi connectivity index (χ0v) is 11.9. The van der Waals surface area contributed by atoms with Crippen molar-refractivity contribution in [2.75, 3.05) is 0 Å². The number of rotatable bonds is 6. The monoisotopic (exact) mass is 291 g/mol. The Bertz CT molecular complexity index is 637. The maximum atomic E-state index is 10.8. The first-order valence-corrected chi connectivity index (χ1v) is 6.61. The molecule has 1 heterocycles. The van der Waals surface area contributed by atoms with Gasteiger partial charge in [0.15, 0.2) is 0 Å². The van der Waals surface area contributed by atoms with Crippen LogP contribution in [0.5, 0.6) is 5.75 Å². The van der Waals surface area contributed by atoms with E-state index >= 15 is 0 Å². The summed E-state index contributed by atoms with van der Waals surface area (Å²) in [5.74, 6) is 0.430. The second-order valence-corrected chi connectivity index (χ2v) is 4.65. The Labute approximate surface area is 121 Å². The first-order valence-electron chi connectivity index (χ1n) is 6.61. The first kappa shape index (κ1) is 15.0. The number of nitrogens with zero attached hydrogens (tertiary/aromatic N) is 3. The molecule has 1 N–H and O–H groups in total. The van der Waals surface area contributed by atoms with Crippen LogP contribution in [0.25, 0.3) is 0 Å². The number of aromatic nitrogens is 2. The van der Waals surface area contributed by atoms with E-state index in [2.05, 4.69) is 5.10 Å². The van der Waals surface area contributed by atoms with Crippen LogP contribution in [0.2, 0.25) is 0 Å². The summed E-state index contributed by atoms with van der Waals surface area (Å²) >= 11 is 0. The normalized spacial score (nSPS) is 12.1. The summed E-state index contributed by atoms with van der Waals surface area (Å²) < 4.78 is 7.42. The number of benzene rings is 1. The number of nitro benzene ring substituents is 1. The average Bonchev–Trinajstić information content (AvgIpc) is 2.92. The number of nitro groups is 1. The van der Waals surface area contributed by atoms with E-state index < -0.39 is 11.0 Å². The van der Waals surface area contributed by atoms with Crippen LogP contribution in [0, 0.1) is 10.1 Å². The molecular weight excluding hydrogens is 274 g/mol. The lowest BCUT2D eigenvalue weighted by molar-refractivity contribution is -0.385. The second kappa shape index (κ2) is 6.36. The van der Waals surface area contributed by atoms with Gasteiger partial charge < -0.3 is 9.84 Å². The van der Waals surface area contributed by atoms with Crippen LogP contribution in [-0.4, -0.2) is 19.8 Å². The molecule has 2 aromatic rings. The van der Waals surface area contributed by atoms with Gasteiger partial charge in [0.1, 0.15) is 12.4 Å². The van der Waals surface area contributed by atoms with Crippen molar-refractivity contribution in [2.45, 2.75) is 33.1 Å². The van der Waals surface area contributed by atoms with E-state index in [0.29, 0.717) is 11.3 Å². The molecule has 0 aliphatic carbocycles. The highest BCUT2D eigenvalue weighted by molar-refractivity contribution is 5.44. The van der Waals surface area contributed by atoms with Crippen molar-refractivity contribution < 1.29 is 14.8 Å². The number of aliphatic hydroxyl groups excluding tert-OH is 1. The Hall–Kier alpha value is -2.41. The van der Waals surface area contributed by atoms with E-state index in [4.69, 9.17) is 4.74 Å². The molecule has 0 aliphatic rings. The molecule has 0 bridgehead atoms. The van der Waals surface area contributed by atoms with E-state index in [1.165, 1.54) is 18.2 Å². The third kappa shape index (κ3) is 3.57. The minimum absolute atomic E-state index is 0.0722. The van der Waals surface area contributed by atoms with Crippen molar-refractivity contribution in [1.82, 2.24) is 9.78 Å². The molecule has 112 valence electrons. The quantitative estimate of drug-likeness (QED) is 0.652. The molecule has 0 saturated carbocycles. The molecule has 0 radical (unpaired) electrons. The largest absolute Gasteiger partial charge is 0.488 e. The minimum atomic E-state index is -0.849. The minimum Gasteiger partial charge on any atom is -0.488 e. The van der Waals surface area contributed by atoms with Gasteiger partial charge in [-0.15, -0.1) is 0 Å². The molecule has 1 aromatic heterocycles. The van der Waals surface area contributed by atoms with Crippen LogP contribution in [-0.2, 0) is 13.2 Å². The van der Waals surface area contributed by atoms with E-state index in [-0.39, 0.29) is 12.3 Å². The Morgan fingerprint density at radius 1 is 1.52 bits per heavy atom. The SMILES string of the molecule is CCn1cc(COc2ccc([N+](=O)[O-])cc2[C@@H](C)O)cn1. The first-order chi connectivity index (χ1) is 10.0. The van der Waals surface area contributed by atoms with Gasteiger partial charge in [-0.25, -0.2) is 0 Å². The Kier molecular flexibility index (Phi) is 4.54. The van der Waals surface area contributed by atoms with Crippen LogP contribution in [0.15, 0.2) is 30.6 Å². The number of non-ortho nitro benzene ring substituents is 1. The molecule has 2 rings (SSSR count). The van der Waals surface area contributed by atoms with Crippen LogP contribution in [0.1, 0.15) is 31.1 Å². The summed E-state index contributed by atoms with van der Waals surface area (Å²) in [4.78, 5) is 10.3. The predicted molar refractivity (Wildman–Crippen MR) is 76.0 cm³/mol. The van der Waals surface area contributed by atoms with Crippen LogP contribution >= 0.6 is 0 Å². The fraction of sp³-hybridized carbons (Fsp3) is 0.357. The zero-order valence-electron chi connectivity index (χ0n) is 11.9. The molecule has 0 amide bonds. The summed E-state index contributed by atoms with van der Waals surface area (Å²) in [6, 6.07) is 4.19. The summed E-state index contributed by atoms with van der Waals surface area (Å²) in [6.07, 6.45) is 2.72. The number of aliphatic hydroxyl groups is 1. The summed E-state index contributed by atoms with van der Waals surface area (Å²) in [5.41, 5.74) is 1.22. The third-order valence-electron chi connectivity index (χ3n) is 3.06. The Balaban J connectivity index is 2.17.